The number of ether oxygens (including phenoxy) is 2. The Morgan fingerprint density at radius 2 is 1.48 bits per heavy atom. The van der Waals surface area contributed by atoms with E-state index in [0.29, 0.717) is 39.3 Å². The van der Waals surface area contributed by atoms with E-state index in [0.717, 1.165) is 0 Å². The number of fused-ring (bicyclic) bond motifs is 6. The first kappa shape index (κ1) is 18.0. The van der Waals surface area contributed by atoms with Gasteiger partial charge in [-0.3, -0.25) is 0 Å². The van der Waals surface area contributed by atoms with Crippen molar-refractivity contribution < 1.29 is 50.5 Å². The van der Waals surface area contributed by atoms with Crippen molar-refractivity contribution >= 4 is 9.76 Å². The quantitative estimate of drug-likeness (QED) is 0.231. The summed E-state index contributed by atoms with van der Waals surface area (Å²) in [4.78, 5) is 26.9. The van der Waals surface area contributed by atoms with Gasteiger partial charge in [0.25, 0.3) is 0 Å². The summed E-state index contributed by atoms with van der Waals surface area (Å²) in [5.41, 5.74) is 1.24. The Morgan fingerprint density at radius 3 is 2.07 bits per heavy atom. The molecular formula is C22H14IO6-. The fourth-order valence-electron chi connectivity index (χ4n) is 3.94. The van der Waals surface area contributed by atoms with Crippen LogP contribution in [0.15, 0.2) is 54.6 Å². The molecule has 3 aromatic rings. The molecule has 0 atom stereocenters. The summed E-state index contributed by atoms with van der Waals surface area (Å²) in [6.45, 7) is 0. The van der Waals surface area contributed by atoms with Gasteiger partial charge in [0.15, 0.2) is 0 Å². The van der Waals surface area contributed by atoms with Gasteiger partial charge in [0.2, 0.25) is 0 Å². The maximum absolute atomic E-state index is 12.9. The number of esters is 1. The van der Waals surface area contributed by atoms with Crippen molar-refractivity contribution in [1.29, 1.82) is 0 Å². The number of alkyl halides is 1. The molecule has 0 radical (unpaired) electrons. The van der Waals surface area contributed by atoms with Crippen molar-refractivity contribution in [2.45, 2.75) is 5.60 Å². The van der Waals surface area contributed by atoms with E-state index in [1.54, 1.807) is 30.3 Å². The fourth-order valence-corrected chi connectivity index (χ4v) is 4.90. The van der Waals surface area contributed by atoms with Gasteiger partial charge in [-0.25, -0.2) is 0 Å². The van der Waals surface area contributed by atoms with Crippen molar-refractivity contribution in [3.05, 3.63) is 82.4 Å². The first-order valence-corrected chi connectivity index (χ1v) is 11.9. The average molecular weight is 501 g/mol. The third kappa shape index (κ3) is 2.46. The molecule has 0 aliphatic carbocycles. The second kappa shape index (κ2) is 6.21. The van der Waals surface area contributed by atoms with E-state index in [4.69, 9.17) is 9.47 Å². The fraction of sp³-hybridized carbons (Fsp3) is 0.0909. The van der Waals surface area contributed by atoms with E-state index in [1.807, 2.05) is 4.93 Å². The first-order chi connectivity index (χ1) is 13.9. The van der Waals surface area contributed by atoms with Crippen LogP contribution in [-0.4, -0.2) is 24.9 Å². The molecule has 0 unspecified atom stereocenters. The van der Waals surface area contributed by atoms with Crippen LogP contribution in [0.25, 0.3) is 0 Å². The Labute approximate surface area is 176 Å². The molecular weight excluding hydrogens is 487 g/mol. The van der Waals surface area contributed by atoms with Gasteiger partial charge in [-0.15, -0.1) is 0 Å². The average Bonchev–Trinajstić information content (AvgIpc) is 2.99. The molecule has 2 aliphatic heterocycles. The summed E-state index contributed by atoms with van der Waals surface area (Å²) in [6, 6.07) is 14.2. The zero-order valence-corrected chi connectivity index (χ0v) is 17.3. The Morgan fingerprint density at radius 1 is 0.897 bits per heavy atom. The molecule has 5 rings (SSSR count). The molecule has 2 heterocycles. The molecule has 1 spiro atoms. The molecule has 0 saturated heterocycles. The molecule has 0 aromatic heterocycles. The van der Waals surface area contributed by atoms with Crippen LogP contribution in [0.4, 0.5) is 0 Å². The summed E-state index contributed by atoms with van der Waals surface area (Å²) < 4.78 is 11.9. The summed E-state index contributed by atoms with van der Waals surface area (Å²) >= 11 is -0.640. The number of aromatic hydroxyl groups is 2. The van der Waals surface area contributed by atoms with Gasteiger partial charge < -0.3 is 0 Å². The summed E-state index contributed by atoms with van der Waals surface area (Å²) in [5.74, 6) is 0.107. The van der Waals surface area contributed by atoms with Gasteiger partial charge in [-0.1, -0.05) is 0 Å². The number of phenolic OH excluding ortho intramolecular Hbond substituents is 2. The van der Waals surface area contributed by atoms with E-state index in [1.165, 1.54) is 24.3 Å². The van der Waals surface area contributed by atoms with Crippen LogP contribution in [0.5, 0.6) is 23.0 Å². The van der Waals surface area contributed by atoms with Crippen LogP contribution in [0.1, 0.15) is 37.4 Å². The molecule has 3 aromatic carbocycles. The maximum atomic E-state index is 12.9. The van der Waals surface area contributed by atoms with Gasteiger partial charge >= 0.3 is 176 Å². The van der Waals surface area contributed by atoms with Crippen molar-refractivity contribution in [2.24, 2.45) is 0 Å². The number of carbonyl (C=O) groups excluding carboxylic acids is 2. The standard InChI is InChI=1S/C22H14IO6/c1-23-20(26)11-2-5-15-14(8-11)21(27)29-22(15)16-6-3-12(24)9-18(16)28-19-10-13(25)4-7-17(19)22/h2-10,24-25H,1H3/q-1. The molecule has 146 valence electrons. The molecule has 2 N–H and O–H groups in total. The van der Waals surface area contributed by atoms with Gasteiger partial charge in [0.1, 0.15) is 0 Å². The van der Waals surface area contributed by atoms with Crippen LogP contribution in [0, 0.1) is 0 Å². The van der Waals surface area contributed by atoms with Gasteiger partial charge in [0.05, 0.1) is 0 Å². The Kier molecular flexibility index (Phi) is 3.86. The van der Waals surface area contributed by atoms with E-state index in [9.17, 15) is 19.8 Å². The predicted octanol–water partition coefficient (Wildman–Crippen LogP) is 0.525. The van der Waals surface area contributed by atoms with Crippen LogP contribution >= 0.6 is 0 Å². The normalized spacial score (nSPS) is 15.3. The second-order valence-corrected chi connectivity index (χ2v) is 8.82. The number of benzene rings is 3. The molecule has 2 aliphatic rings. The monoisotopic (exact) mass is 501 g/mol. The predicted molar refractivity (Wildman–Crippen MR) is 98.3 cm³/mol. The van der Waals surface area contributed by atoms with E-state index in [-0.39, 0.29) is 15.3 Å². The van der Waals surface area contributed by atoms with E-state index < -0.39 is 32.8 Å². The van der Waals surface area contributed by atoms with E-state index in [2.05, 4.69) is 0 Å². The van der Waals surface area contributed by atoms with Gasteiger partial charge in [0, 0.05) is 0 Å². The van der Waals surface area contributed by atoms with Crippen LogP contribution in [0.2, 0.25) is 0 Å². The second-order valence-electron chi connectivity index (χ2n) is 6.76. The van der Waals surface area contributed by atoms with Crippen LogP contribution < -0.4 is 25.9 Å². The molecule has 7 heteroatoms. The van der Waals surface area contributed by atoms with Crippen molar-refractivity contribution in [3.8, 4) is 23.0 Å². The Bertz CT molecular complexity index is 1160. The zero-order valence-electron chi connectivity index (χ0n) is 15.1. The minimum absolute atomic E-state index is 0.000123. The first-order valence-electron chi connectivity index (χ1n) is 8.70. The number of hydrogen-bond acceptors (Lipinski definition) is 6. The van der Waals surface area contributed by atoms with E-state index >= 15 is 0 Å². The molecule has 0 bridgehead atoms. The summed E-state index contributed by atoms with van der Waals surface area (Å²) in [6.07, 6.45) is 0. The van der Waals surface area contributed by atoms with Crippen molar-refractivity contribution in [1.82, 2.24) is 0 Å². The number of phenols is 2. The third-order valence-electron chi connectivity index (χ3n) is 5.17. The Hall–Kier alpha value is -3.07. The number of carbonyl (C=O) groups is 2. The summed E-state index contributed by atoms with van der Waals surface area (Å²) in [7, 11) is 0. The Balaban J connectivity index is 1.83. The van der Waals surface area contributed by atoms with Crippen molar-refractivity contribution in [2.75, 3.05) is 4.93 Å². The van der Waals surface area contributed by atoms with Gasteiger partial charge in [-0.05, 0) is 0 Å². The molecule has 6 nitrogen and oxygen atoms in total. The number of hydrogen-bond donors (Lipinski definition) is 2. The van der Waals surface area contributed by atoms with Crippen molar-refractivity contribution in [3.63, 3.8) is 0 Å². The topological polar surface area (TPSA) is 93.1 Å². The number of rotatable bonds is 2. The van der Waals surface area contributed by atoms with Crippen LogP contribution in [-0.2, 0) is 10.3 Å². The number of halogens is 1. The third-order valence-corrected chi connectivity index (χ3v) is 6.77. The zero-order chi connectivity index (χ0) is 20.3. The summed E-state index contributed by atoms with van der Waals surface area (Å²) in [5, 5.41) is 19.8. The van der Waals surface area contributed by atoms with Gasteiger partial charge in [-0.2, -0.15) is 0 Å². The molecule has 0 fully saturated rings. The minimum atomic E-state index is -1.29. The SMILES string of the molecule is C[I-]C(=O)c1ccc2c(c1)C(=O)OC21c2ccc(O)cc2Oc2cc(O)ccc21. The molecule has 29 heavy (non-hydrogen) atoms. The molecule has 0 saturated carbocycles. The molecule has 0 amide bonds. The van der Waals surface area contributed by atoms with Crippen LogP contribution in [0.3, 0.4) is 0 Å².